The molecule has 2 aromatic heterocycles. The largest absolute Gasteiger partial charge is 0.369 e. The number of aryl methyl sites for hydroxylation is 1. The molecule has 2 aliphatic rings. The highest BCUT2D eigenvalue weighted by molar-refractivity contribution is 5.91. The lowest BCUT2D eigenvalue weighted by molar-refractivity contribution is 0.0910. The number of hydrogen-bond donors (Lipinski definition) is 1. The molecule has 0 aliphatic carbocycles. The number of halogens is 2. The normalized spacial score (nSPS) is 23.3. The minimum atomic E-state index is -2.37. The van der Waals surface area contributed by atoms with E-state index in [1.807, 2.05) is 19.2 Å². The van der Waals surface area contributed by atoms with E-state index in [9.17, 15) is 13.6 Å². The highest BCUT2D eigenvalue weighted by Crippen LogP contribution is 2.36. The number of nitrogens with one attached hydrogen (secondary N) is 1. The number of alkyl halides is 2. The number of fused-ring (bicyclic) bond motifs is 1. The van der Waals surface area contributed by atoms with E-state index < -0.39 is 6.43 Å². The molecule has 1 amide bonds. The third-order valence-electron chi connectivity index (χ3n) is 7.12. The summed E-state index contributed by atoms with van der Waals surface area (Å²) in [6, 6.07) is 12.5. The number of benzene rings is 1. The van der Waals surface area contributed by atoms with Crippen molar-refractivity contribution in [2.75, 3.05) is 37.6 Å². The maximum absolute atomic E-state index is 12.8. The van der Waals surface area contributed by atoms with Gasteiger partial charge in [-0.15, -0.1) is 5.10 Å². The van der Waals surface area contributed by atoms with Gasteiger partial charge in [-0.3, -0.25) is 9.69 Å². The molecular weight excluding hydrogens is 438 g/mol. The van der Waals surface area contributed by atoms with E-state index in [1.165, 1.54) is 5.56 Å². The van der Waals surface area contributed by atoms with Crippen molar-refractivity contribution < 1.29 is 13.6 Å². The lowest BCUT2D eigenvalue weighted by Crippen LogP contribution is -2.38. The highest BCUT2D eigenvalue weighted by atomic mass is 19.3. The van der Waals surface area contributed by atoms with Gasteiger partial charge in [-0.1, -0.05) is 37.3 Å². The van der Waals surface area contributed by atoms with Crippen LogP contribution in [0.25, 0.3) is 5.65 Å². The molecule has 0 unspecified atom stereocenters. The van der Waals surface area contributed by atoms with E-state index in [2.05, 4.69) is 57.6 Å². The van der Waals surface area contributed by atoms with Gasteiger partial charge in [-0.2, -0.15) is 0 Å². The fraction of sp³-hybridized carbons (Fsp3) is 0.480. The lowest BCUT2D eigenvalue weighted by Gasteiger charge is -2.26. The van der Waals surface area contributed by atoms with Crippen molar-refractivity contribution in [3.05, 3.63) is 59.5 Å². The Hall–Kier alpha value is -3.07. The van der Waals surface area contributed by atoms with E-state index in [0.29, 0.717) is 25.2 Å². The van der Waals surface area contributed by atoms with E-state index in [0.717, 1.165) is 30.8 Å². The Bertz CT molecular complexity index is 1180. The molecule has 1 aromatic carbocycles. The Morgan fingerprint density at radius 3 is 2.82 bits per heavy atom. The molecule has 0 bridgehead atoms. The highest BCUT2D eigenvalue weighted by Gasteiger charge is 2.35. The number of nitrogens with zero attached hydrogens (tertiary/aromatic N) is 5. The molecule has 2 aliphatic heterocycles. The van der Waals surface area contributed by atoms with Crippen LogP contribution < -0.4 is 10.2 Å². The summed E-state index contributed by atoms with van der Waals surface area (Å²) in [5.41, 5.74) is 4.07. The van der Waals surface area contributed by atoms with Crippen LogP contribution in [-0.4, -0.2) is 70.6 Å². The SMILES string of the molecule is Cc1cc(N2CC[C@](C)(c3ccccc3)C2)cn2nc(C(=O)N[C@H]3CCN(CC(F)F)C3)nc12. The summed E-state index contributed by atoms with van der Waals surface area (Å²) in [5.74, 6) is -0.269. The molecule has 5 rings (SSSR count). The number of likely N-dealkylation sites (tertiary alicyclic amines) is 1. The average molecular weight is 469 g/mol. The zero-order chi connectivity index (χ0) is 23.9. The van der Waals surface area contributed by atoms with E-state index >= 15 is 0 Å². The topological polar surface area (TPSA) is 65.8 Å². The van der Waals surface area contributed by atoms with Crippen molar-refractivity contribution in [1.82, 2.24) is 24.8 Å². The van der Waals surface area contributed by atoms with Gasteiger partial charge in [0, 0.05) is 37.6 Å². The standard InChI is InChI=1S/C25H30F2N6O/c1-17-12-20(32-11-9-25(2,16-32)18-6-4-3-5-7-18)14-33-23(17)29-22(30-33)24(34)28-19-8-10-31(13-19)15-21(26)27/h3-7,12,14,19,21H,8-11,13,15-16H2,1-2H3,(H,28,34)/t19-,25-/m0/s1. The van der Waals surface area contributed by atoms with Crippen molar-refractivity contribution in [1.29, 1.82) is 0 Å². The summed E-state index contributed by atoms with van der Waals surface area (Å²) in [6.07, 6.45) is 1.27. The molecule has 2 fully saturated rings. The second-order valence-electron chi connectivity index (χ2n) is 9.79. The Balaban J connectivity index is 1.30. The predicted molar refractivity (Wildman–Crippen MR) is 127 cm³/mol. The maximum Gasteiger partial charge on any atom is 0.291 e. The van der Waals surface area contributed by atoms with Crippen LogP contribution in [0.1, 0.15) is 41.5 Å². The Morgan fingerprint density at radius 2 is 2.06 bits per heavy atom. The second kappa shape index (κ2) is 8.94. The van der Waals surface area contributed by atoms with Gasteiger partial charge < -0.3 is 10.2 Å². The number of carbonyl (C=O) groups excluding carboxylic acids is 1. The van der Waals surface area contributed by atoms with Gasteiger partial charge in [-0.05, 0) is 37.0 Å². The minimum absolute atomic E-state index is 0.0804. The molecule has 1 N–H and O–H groups in total. The number of aromatic nitrogens is 3. The minimum Gasteiger partial charge on any atom is -0.369 e. The smallest absolute Gasteiger partial charge is 0.291 e. The number of amides is 1. The van der Waals surface area contributed by atoms with Crippen LogP contribution in [0, 0.1) is 6.92 Å². The zero-order valence-electron chi connectivity index (χ0n) is 19.5. The van der Waals surface area contributed by atoms with Crippen molar-refractivity contribution in [3.63, 3.8) is 0 Å². The average Bonchev–Trinajstić information content (AvgIpc) is 3.53. The van der Waals surface area contributed by atoms with Crippen molar-refractivity contribution in [2.24, 2.45) is 0 Å². The summed E-state index contributed by atoms with van der Waals surface area (Å²) in [7, 11) is 0. The number of rotatable bonds is 6. The molecule has 2 atom stereocenters. The molecule has 0 spiro atoms. The summed E-state index contributed by atoms with van der Waals surface area (Å²) in [4.78, 5) is 21.2. The number of pyridine rings is 1. The molecule has 7 nitrogen and oxygen atoms in total. The second-order valence-corrected chi connectivity index (χ2v) is 9.79. The van der Waals surface area contributed by atoms with E-state index in [1.54, 1.807) is 9.42 Å². The van der Waals surface area contributed by atoms with Crippen LogP contribution in [0.15, 0.2) is 42.6 Å². The number of hydrogen-bond acceptors (Lipinski definition) is 5. The van der Waals surface area contributed by atoms with E-state index in [-0.39, 0.29) is 29.7 Å². The van der Waals surface area contributed by atoms with Crippen LogP contribution in [0.4, 0.5) is 14.5 Å². The predicted octanol–water partition coefficient (Wildman–Crippen LogP) is 3.27. The van der Waals surface area contributed by atoms with Crippen molar-refractivity contribution in [3.8, 4) is 0 Å². The number of anilines is 1. The summed E-state index contributed by atoms with van der Waals surface area (Å²) in [5, 5.41) is 7.35. The fourth-order valence-corrected chi connectivity index (χ4v) is 5.22. The molecule has 34 heavy (non-hydrogen) atoms. The van der Waals surface area contributed by atoms with Crippen LogP contribution >= 0.6 is 0 Å². The van der Waals surface area contributed by atoms with Gasteiger partial charge in [0.05, 0.1) is 18.4 Å². The van der Waals surface area contributed by atoms with Crippen LogP contribution in [0.3, 0.4) is 0 Å². The van der Waals surface area contributed by atoms with Gasteiger partial charge in [0.2, 0.25) is 5.82 Å². The first-order chi connectivity index (χ1) is 16.3. The third kappa shape index (κ3) is 4.49. The maximum atomic E-state index is 12.8. The molecule has 0 radical (unpaired) electrons. The number of carbonyl (C=O) groups is 1. The Morgan fingerprint density at radius 1 is 1.26 bits per heavy atom. The van der Waals surface area contributed by atoms with Gasteiger partial charge in [0.1, 0.15) is 0 Å². The Kier molecular flexibility index (Phi) is 5.97. The van der Waals surface area contributed by atoms with Gasteiger partial charge in [0.15, 0.2) is 5.65 Å². The third-order valence-corrected chi connectivity index (χ3v) is 7.12. The summed E-state index contributed by atoms with van der Waals surface area (Å²) in [6.45, 7) is 6.82. The first kappa shape index (κ1) is 22.7. The molecule has 3 aromatic rings. The first-order valence-electron chi connectivity index (χ1n) is 11.8. The lowest BCUT2D eigenvalue weighted by atomic mass is 9.82. The van der Waals surface area contributed by atoms with Crippen LogP contribution in [0.2, 0.25) is 0 Å². The zero-order valence-corrected chi connectivity index (χ0v) is 19.5. The quantitative estimate of drug-likeness (QED) is 0.602. The van der Waals surface area contributed by atoms with Gasteiger partial charge in [-0.25, -0.2) is 18.3 Å². The monoisotopic (exact) mass is 468 g/mol. The molecule has 180 valence electrons. The fourth-order valence-electron chi connectivity index (χ4n) is 5.22. The van der Waals surface area contributed by atoms with Crippen LogP contribution in [-0.2, 0) is 5.41 Å². The molecule has 0 saturated carbocycles. The summed E-state index contributed by atoms with van der Waals surface area (Å²) >= 11 is 0. The molecule has 2 saturated heterocycles. The van der Waals surface area contributed by atoms with E-state index in [4.69, 9.17) is 0 Å². The molecule has 4 heterocycles. The summed E-state index contributed by atoms with van der Waals surface area (Å²) < 4.78 is 26.9. The molecular formula is C25H30F2N6O. The molecule has 9 heteroatoms. The first-order valence-corrected chi connectivity index (χ1v) is 11.8. The van der Waals surface area contributed by atoms with Crippen LogP contribution in [0.5, 0.6) is 0 Å². The van der Waals surface area contributed by atoms with Crippen molar-refractivity contribution in [2.45, 2.75) is 44.6 Å². The van der Waals surface area contributed by atoms with Gasteiger partial charge >= 0.3 is 0 Å². The van der Waals surface area contributed by atoms with Crippen molar-refractivity contribution >= 4 is 17.2 Å². The van der Waals surface area contributed by atoms with Gasteiger partial charge in [0.25, 0.3) is 12.3 Å². The Labute approximate surface area is 197 Å².